The monoisotopic (exact) mass is 298 g/mol. The average Bonchev–Trinajstić information content (AvgIpc) is 2.35. The number of nitrogens with two attached hydrogens (primary N) is 2. The molecule has 0 aliphatic carbocycles. The van der Waals surface area contributed by atoms with E-state index in [-0.39, 0.29) is 10.7 Å². The van der Waals surface area contributed by atoms with Crippen molar-refractivity contribution in [2.45, 2.75) is 13.3 Å². The van der Waals surface area contributed by atoms with Gasteiger partial charge in [-0.15, -0.1) is 0 Å². The maximum atomic E-state index is 12.3. The minimum absolute atomic E-state index is 0.158. The number of carbonyl (C=O) groups excluding carboxylic acids is 3. The molecule has 0 unspecified atom stereocenters. The van der Waals surface area contributed by atoms with Gasteiger partial charge in [-0.1, -0.05) is 18.5 Å². The molecule has 0 radical (unpaired) electrons. The van der Waals surface area contributed by atoms with Gasteiger partial charge in [-0.25, -0.2) is 4.98 Å². The fraction of sp³-hybridized carbons (Fsp3) is 0.333. The van der Waals surface area contributed by atoms with Crippen LogP contribution < -0.4 is 11.5 Å². The van der Waals surface area contributed by atoms with Crippen LogP contribution in [0.2, 0.25) is 5.15 Å². The summed E-state index contributed by atoms with van der Waals surface area (Å²) in [5.41, 5.74) is 10.9. The van der Waals surface area contributed by atoms with E-state index < -0.39 is 30.8 Å². The first kappa shape index (κ1) is 15.9. The van der Waals surface area contributed by atoms with Crippen molar-refractivity contribution in [2.24, 2.45) is 11.5 Å². The van der Waals surface area contributed by atoms with E-state index in [0.717, 1.165) is 4.90 Å². The van der Waals surface area contributed by atoms with E-state index in [1.165, 1.54) is 6.07 Å². The van der Waals surface area contributed by atoms with Crippen LogP contribution in [0, 0.1) is 0 Å². The zero-order valence-corrected chi connectivity index (χ0v) is 11.7. The normalized spacial score (nSPS) is 10.1. The molecule has 1 rings (SSSR count). The molecule has 1 heterocycles. The highest BCUT2D eigenvalue weighted by Gasteiger charge is 2.20. The second-order valence-corrected chi connectivity index (χ2v) is 4.50. The SMILES string of the molecule is CCc1cc(C(=O)N(CC(N)=O)CC(N)=O)cc(Cl)n1. The number of carbonyl (C=O) groups is 3. The lowest BCUT2D eigenvalue weighted by atomic mass is 10.1. The Morgan fingerprint density at radius 2 is 1.75 bits per heavy atom. The summed E-state index contributed by atoms with van der Waals surface area (Å²) in [7, 11) is 0. The predicted octanol–water partition coefficient (Wildman–Crippen LogP) is -0.290. The molecule has 1 aromatic rings. The van der Waals surface area contributed by atoms with Gasteiger partial charge < -0.3 is 16.4 Å². The molecule has 4 N–H and O–H groups in total. The van der Waals surface area contributed by atoms with E-state index in [0.29, 0.717) is 12.1 Å². The van der Waals surface area contributed by atoms with Crippen molar-refractivity contribution in [1.29, 1.82) is 0 Å². The summed E-state index contributed by atoms with van der Waals surface area (Å²) < 4.78 is 0. The Hall–Kier alpha value is -2.15. The van der Waals surface area contributed by atoms with E-state index in [1.54, 1.807) is 6.07 Å². The summed E-state index contributed by atoms with van der Waals surface area (Å²) in [6.45, 7) is 1.06. The maximum Gasteiger partial charge on any atom is 0.254 e. The zero-order valence-electron chi connectivity index (χ0n) is 10.9. The number of primary amides is 2. The van der Waals surface area contributed by atoms with Crippen molar-refractivity contribution in [3.05, 3.63) is 28.5 Å². The molecule has 0 aliphatic heterocycles. The van der Waals surface area contributed by atoms with Crippen LogP contribution in [0.5, 0.6) is 0 Å². The molecule has 0 spiro atoms. The van der Waals surface area contributed by atoms with Gasteiger partial charge in [0.15, 0.2) is 0 Å². The van der Waals surface area contributed by atoms with Crippen LogP contribution in [0.3, 0.4) is 0 Å². The van der Waals surface area contributed by atoms with Crippen LogP contribution >= 0.6 is 11.6 Å². The van der Waals surface area contributed by atoms with Gasteiger partial charge in [0, 0.05) is 11.3 Å². The molecule has 3 amide bonds. The molecule has 0 aliphatic rings. The third-order valence-electron chi connectivity index (χ3n) is 2.44. The van der Waals surface area contributed by atoms with Crippen molar-refractivity contribution in [3.63, 3.8) is 0 Å². The molecule has 1 aromatic heterocycles. The number of pyridine rings is 1. The molecule has 0 fully saturated rings. The first-order chi connectivity index (χ1) is 9.33. The van der Waals surface area contributed by atoms with Crippen LogP contribution in [0.25, 0.3) is 0 Å². The van der Waals surface area contributed by atoms with Crippen LogP contribution in [0.1, 0.15) is 23.0 Å². The third-order valence-corrected chi connectivity index (χ3v) is 2.63. The fourth-order valence-corrected chi connectivity index (χ4v) is 1.84. The number of aryl methyl sites for hydroxylation is 1. The maximum absolute atomic E-state index is 12.3. The van der Waals surface area contributed by atoms with Crippen molar-refractivity contribution >= 4 is 29.3 Å². The highest BCUT2D eigenvalue weighted by atomic mass is 35.5. The van der Waals surface area contributed by atoms with E-state index in [1.807, 2.05) is 6.92 Å². The van der Waals surface area contributed by atoms with Crippen LogP contribution in [0.15, 0.2) is 12.1 Å². The van der Waals surface area contributed by atoms with Gasteiger partial charge in [0.1, 0.15) is 18.2 Å². The Morgan fingerprint density at radius 1 is 1.20 bits per heavy atom. The highest BCUT2D eigenvalue weighted by Crippen LogP contribution is 2.13. The lowest BCUT2D eigenvalue weighted by Gasteiger charge is -2.19. The Labute approximate surface area is 120 Å². The quantitative estimate of drug-likeness (QED) is 0.701. The van der Waals surface area contributed by atoms with Crippen molar-refractivity contribution in [1.82, 2.24) is 9.88 Å². The van der Waals surface area contributed by atoms with Gasteiger partial charge in [-0.05, 0) is 18.6 Å². The number of amides is 3. The summed E-state index contributed by atoms with van der Waals surface area (Å²) in [6, 6.07) is 2.90. The number of nitrogens with zero attached hydrogens (tertiary/aromatic N) is 2. The summed E-state index contributed by atoms with van der Waals surface area (Å²) in [5.74, 6) is -2.03. The minimum atomic E-state index is -0.740. The van der Waals surface area contributed by atoms with E-state index in [2.05, 4.69) is 4.98 Å². The smallest absolute Gasteiger partial charge is 0.254 e. The lowest BCUT2D eigenvalue weighted by molar-refractivity contribution is -0.121. The molecular weight excluding hydrogens is 284 g/mol. The molecular formula is C12H15ClN4O3. The molecule has 8 heteroatoms. The Morgan fingerprint density at radius 3 is 2.20 bits per heavy atom. The molecule has 7 nitrogen and oxygen atoms in total. The van der Waals surface area contributed by atoms with E-state index in [4.69, 9.17) is 23.1 Å². The van der Waals surface area contributed by atoms with Crippen LogP contribution in [0.4, 0.5) is 0 Å². The molecule has 108 valence electrons. The molecule has 0 aromatic carbocycles. The second-order valence-electron chi connectivity index (χ2n) is 4.12. The van der Waals surface area contributed by atoms with Crippen molar-refractivity contribution in [3.8, 4) is 0 Å². The Balaban J connectivity index is 3.07. The van der Waals surface area contributed by atoms with Gasteiger partial charge in [-0.2, -0.15) is 0 Å². The van der Waals surface area contributed by atoms with Gasteiger partial charge in [-0.3, -0.25) is 14.4 Å². The lowest BCUT2D eigenvalue weighted by Crippen LogP contribution is -2.43. The molecule has 0 saturated carbocycles. The predicted molar refractivity (Wildman–Crippen MR) is 72.9 cm³/mol. The van der Waals surface area contributed by atoms with E-state index in [9.17, 15) is 14.4 Å². The molecule has 20 heavy (non-hydrogen) atoms. The number of rotatable bonds is 6. The second kappa shape index (κ2) is 6.85. The molecule has 0 bridgehead atoms. The van der Waals surface area contributed by atoms with Crippen LogP contribution in [-0.2, 0) is 16.0 Å². The zero-order chi connectivity index (χ0) is 15.3. The fourth-order valence-electron chi connectivity index (χ4n) is 1.61. The summed E-state index contributed by atoms with van der Waals surface area (Å²) in [4.78, 5) is 39.2. The molecule has 0 saturated heterocycles. The number of hydrogen-bond donors (Lipinski definition) is 2. The summed E-state index contributed by atoms with van der Waals surface area (Å²) >= 11 is 5.82. The topological polar surface area (TPSA) is 119 Å². The average molecular weight is 299 g/mol. The summed E-state index contributed by atoms with van der Waals surface area (Å²) in [6.07, 6.45) is 0.590. The third kappa shape index (κ3) is 4.51. The van der Waals surface area contributed by atoms with Gasteiger partial charge >= 0.3 is 0 Å². The van der Waals surface area contributed by atoms with Gasteiger partial charge in [0.25, 0.3) is 5.91 Å². The first-order valence-corrected chi connectivity index (χ1v) is 6.23. The van der Waals surface area contributed by atoms with E-state index >= 15 is 0 Å². The Kier molecular flexibility index (Phi) is 5.45. The largest absolute Gasteiger partial charge is 0.368 e. The Bertz CT molecular complexity index is 532. The van der Waals surface area contributed by atoms with Crippen molar-refractivity contribution < 1.29 is 14.4 Å². The number of halogens is 1. The summed E-state index contributed by atoms with van der Waals surface area (Å²) in [5, 5.41) is 0.158. The molecule has 0 atom stereocenters. The van der Waals surface area contributed by atoms with Gasteiger partial charge in [0.2, 0.25) is 11.8 Å². The minimum Gasteiger partial charge on any atom is -0.368 e. The standard InChI is InChI=1S/C12H15ClN4O3/c1-2-8-3-7(4-9(13)16-8)12(20)17(5-10(14)18)6-11(15)19/h3-4H,2,5-6H2,1H3,(H2,14,18)(H2,15,19). The van der Waals surface area contributed by atoms with Gasteiger partial charge in [0.05, 0.1) is 0 Å². The van der Waals surface area contributed by atoms with Crippen LogP contribution in [-0.4, -0.2) is 40.7 Å². The van der Waals surface area contributed by atoms with Crippen molar-refractivity contribution in [2.75, 3.05) is 13.1 Å². The first-order valence-electron chi connectivity index (χ1n) is 5.85. The number of hydrogen-bond acceptors (Lipinski definition) is 4. The highest BCUT2D eigenvalue weighted by molar-refractivity contribution is 6.29. The number of aromatic nitrogens is 1.